The highest BCUT2D eigenvalue weighted by Gasteiger charge is 2.44. The summed E-state index contributed by atoms with van der Waals surface area (Å²) in [5, 5.41) is 0.691. The van der Waals surface area contributed by atoms with Gasteiger partial charge in [0.2, 0.25) is 6.79 Å². The molecule has 1 aliphatic heterocycles. The van der Waals surface area contributed by atoms with Crippen molar-refractivity contribution in [3.63, 3.8) is 0 Å². The van der Waals surface area contributed by atoms with E-state index in [0.29, 0.717) is 5.02 Å². The molecule has 0 spiro atoms. The van der Waals surface area contributed by atoms with Crippen LogP contribution in [0.25, 0.3) is 0 Å². The van der Waals surface area contributed by atoms with Gasteiger partial charge in [0.1, 0.15) is 0 Å². The van der Waals surface area contributed by atoms with Crippen molar-refractivity contribution in [3.05, 3.63) is 22.2 Å². The Hall–Kier alpha value is -0.930. The van der Waals surface area contributed by atoms with Gasteiger partial charge in [-0.25, -0.2) is 0 Å². The van der Waals surface area contributed by atoms with E-state index in [0.717, 1.165) is 35.5 Å². The molecule has 0 saturated heterocycles. The van der Waals surface area contributed by atoms with E-state index >= 15 is 0 Å². The molecule has 1 aromatic rings. The molecule has 0 radical (unpaired) electrons. The Morgan fingerprint density at radius 2 is 2.13 bits per heavy atom. The molecule has 0 amide bonds. The summed E-state index contributed by atoms with van der Waals surface area (Å²) in [6, 6.07) is 1.80. The Morgan fingerprint density at radius 1 is 1.40 bits per heavy atom. The molecule has 3 rings (SSSR count). The van der Waals surface area contributed by atoms with Crippen molar-refractivity contribution in [2.75, 3.05) is 6.79 Å². The average Bonchev–Trinajstić information content (AvgIpc) is 2.75. The Balaban J connectivity index is 2.22. The van der Waals surface area contributed by atoms with E-state index in [1.807, 2.05) is 6.92 Å². The van der Waals surface area contributed by atoms with Crippen LogP contribution < -0.4 is 15.2 Å². The third-order valence-electron chi connectivity index (χ3n) is 3.14. The third kappa shape index (κ3) is 1.23. The fourth-order valence-electron chi connectivity index (χ4n) is 2.16. The number of hydrogen-bond acceptors (Lipinski definition) is 3. The second kappa shape index (κ2) is 2.80. The van der Waals surface area contributed by atoms with Crippen LogP contribution in [-0.4, -0.2) is 6.79 Å². The van der Waals surface area contributed by atoms with E-state index in [4.69, 9.17) is 26.8 Å². The predicted octanol–water partition coefficient (Wildman–Crippen LogP) is 2.32. The highest BCUT2D eigenvalue weighted by atomic mass is 35.5. The summed E-state index contributed by atoms with van der Waals surface area (Å²) in [5.41, 5.74) is 7.99. The second-order valence-corrected chi connectivity index (χ2v) is 4.66. The molecule has 0 unspecified atom stereocenters. The molecule has 1 aliphatic carbocycles. The fourth-order valence-corrected chi connectivity index (χ4v) is 2.59. The third-order valence-corrected chi connectivity index (χ3v) is 3.44. The fraction of sp³-hybridized carbons (Fsp3) is 0.455. The van der Waals surface area contributed by atoms with Crippen LogP contribution >= 0.6 is 11.6 Å². The zero-order valence-electron chi connectivity index (χ0n) is 8.47. The number of hydrogen-bond donors (Lipinski definition) is 1. The lowest BCUT2D eigenvalue weighted by atomic mass is 9.98. The van der Waals surface area contributed by atoms with E-state index in [1.54, 1.807) is 6.07 Å². The molecule has 2 N–H and O–H groups in total. The maximum absolute atomic E-state index is 6.22. The summed E-state index contributed by atoms with van der Waals surface area (Å²) >= 11 is 6.22. The number of ether oxygens (including phenoxy) is 2. The van der Waals surface area contributed by atoms with Gasteiger partial charge in [0.05, 0.1) is 0 Å². The van der Waals surface area contributed by atoms with Crippen LogP contribution in [0.15, 0.2) is 6.07 Å². The van der Waals surface area contributed by atoms with Crippen LogP contribution in [0.5, 0.6) is 11.5 Å². The molecule has 4 heteroatoms. The minimum absolute atomic E-state index is 0.234. The first-order valence-electron chi connectivity index (χ1n) is 5.00. The van der Waals surface area contributed by atoms with Gasteiger partial charge >= 0.3 is 0 Å². The topological polar surface area (TPSA) is 44.5 Å². The number of benzene rings is 1. The summed E-state index contributed by atoms with van der Waals surface area (Å²) in [6.45, 7) is 2.26. The molecule has 15 heavy (non-hydrogen) atoms. The summed E-state index contributed by atoms with van der Waals surface area (Å²) in [7, 11) is 0. The Kier molecular flexibility index (Phi) is 1.74. The molecule has 0 atom stereocenters. The van der Waals surface area contributed by atoms with Crippen molar-refractivity contribution < 1.29 is 9.47 Å². The number of rotatable bonds is 1. The molecule has 1 heterocycles. The SMILES string of the molecule is Cc1c2c(cc(Cl)c1C1(N)CC1)OCO2. The van der Waals surface area contributed by atoms with Crippen LogP contribution in [-0.2, 0) is 5.54 Å². The molecule has 1 saturated carbocycles. The summed E-state index contributed by atoms with van der Waals surface area (Å²) in [4.78, 5) is 0. The molecule has 1 aromatic carbocycles. The van der Waals surface area contributed by atoms with Crippen molar-refractivity contribution in [1.82, 2.24) is 0 Å². The number of nitrogens with two attached hydrogens (primary N) is 1. The molecule has 0 aromatic heterocycles. The van der Waals surface area contributed by atoms with Crippen LogP contribution in [0.1, 0.15) is 24.0 Å². The zero-order chi connectivity index (χ0) is 10.6. The van der Waals surface area contributed by atoms with Gasteiger partial charge in [0, 0.05) is 22.2 Å². The van der Waals surface area contributed by atoms with Crippen molar-refractivity contribution in [2.45, 2.75) is 25.3 Å². The molecule has 2 aliphatic rings. The van der Waals surface area contributed by atoms with Crippen LogP contribution in [0.4, 0.5) is 0 Å². The van der Waals surface area contributed by atoms with Gasteiger partial charge < -0.3 is 15.2 Å². The minimum Gasteiger partial charge on any atom is -0.454 e. The Bertz CT molecular complexity index is 441. The first-order chi connectivity index (χ1) is 7.12. The van der Waals surface area contributed by atoms with Gasteiger partial charge in [-0.3, -0.25) is 0 Å². The van der Waals surface area contributed by atoms with Gasteiger partial charge in [-0.15, -0.1) is 0 Å². The van der Waals surface area contributed by atoms with Gasteiger partial charge in [0.15, 0.2) is 11.5 Å². The van der Waals surface area contributed by atoms with Crippen molar-refractivity contribution in [1.29, 1.82) is 0 Å². The van der Waals surface area contributed by atoms with Crippen molar-refractivity contribution in [2.24, 2.45) is 5.73 Å². The molecule has 80 valence electrons. The Labute approximate surface area is 93.1 Å². The van der Waals surface area contributed by atoms with Crippen molar-refractivity contribution >= 4 is 11.6 Å². The maximum atomic E-state index is 6.22. The second-order valence-electron chi connectivity index (χ2n) is 4.25. The quantitative estimate of drug-likeness (QED) is 0.798. The summed E-state index contributed by atoms with van der Waals surface area (Å²) in [5.74, 6) is 1.52. The summed E-state index contributed by atoms with van der Waals surface area (Å²) < 4.78 is 10.7. The van der Waals surface area contributed by atoms with Crippen LogP contribution in [0, 0.1) is 6.92 Å². The smallest absolute Gasteiger partial charge is 0.231 e. The average molecular weight is 226 g/mol. The minimum atomic E-state index is -0.234. The highest BCUT2D eigenvalue weighted by Crippen LogP contribution is 2.51. The van der Waals surface area contributed by atoms with Crippen LogP contribution in [0.2, 0.25) is 5.02 Å². The maximum Gasteiger partial charge on any atom is 0.231 e. The van der Waals surface area contributed by atoms with Crippen molar-refractivity contribution in [3.8, 4) is 11.5 Å². The zero-order valence-corrected chi connectivity index (χ0v) is 9.23. The van der Waals surface area contributed by atoms with Gasteiger partial charge in [-0.2, -0.15) is 0 Å². The van der Waals surface area contributed by atoms with E-state index in [9.17, 15) is 0 Å². The Morgan fingerprint density at radius 3 is 2.80 bits per heavy atom. The molecule has 1 fully saturated rings. The molecule has 3 nitrogen and oxygen atoms in total. The first kappa shape index (κ1) is 9.31. The standard InChI is InChI=1S/C11H12ClNO2/c1-6-9(11(13)2-3-11)7(12)4-8-10(6)15-5-14-8/h4H,2-3,5,13H2,1H3. The van der Waals surface area contributed by atoms with E-state index in [1.165, 1.54) is 0 Å². The highest BCUT2D eigenvalue weighted by molar-refractivity contribution is 6.32. The monoisotopic (exact) mass is 225 g/mol. The van der Waals surface area contributed by atoms with E-state index < -0.39 is 0 Å². The lowest BCUT2D eigenvalue weighted by Gasteiger charge is -2.16. The first-order valence-corrected chi connectivity index (χ1v) is 5.38. The largest absolute Gasteiger partial charge is 0.454 e. The summed E-state index contributed by atoms with van der Waals surface area (Å²) in [6.07, 6.45) is 1.99. The van der Waals surface area contributed by atoms with Gasteiger partial charge in [0.25, 0.3) is 0 Å². The molecular weight excluding hydrogens is 214 g/mol. The predicted molar refractivity (Wildman–Crippen MR) is 57.4 cm³/mol. The van der Waals surface area contributed by atoms with Gasteiger partial charge in [-0.05, 0) is 25.3 Å². The normalized spacial score (nSPS) is 20.5. The van der Waals surface area contributed by atoms with Crippen LogP contribution in [0.3, 0.4) is 0 Å². The van der Waals surface area contributed by atoms with E-state index in [-0.39, 0.29) is 12.3 Å². The lowest BCUT2D eigenvalue weighted by molar-refractivity contribution is 0.173. The van der Waals surface area contributed by atoms with Gasteiger partial charge in [-0.1, -0.05) is 11.6 Å². The van der Waals surface area contributed by atoms with E-state index in [2.05, 4.69) is 0 Å². The molecular formula is C11H12ClNO2. The number of fused-ring (bicyclic) bond motifs is 1. The molecule has 0 bridgehead atoms. The lowest BCUT2D eigenvalue weighted by Crippen LogP contribution is -2.20. The number of halogens is 1.